The van der Waals surface area contributed by atoms with Crippen LogP contribution in [0.2, 0.25) is 0 Å². The number of rotatable bonds is 8. The van der Waals surface area contributed by atoms with Crippen LogP contribution in [0.4, 0.5) is 5.00 Å². The molecule has 0 saturated carbocycles. The van der Waals surface area contributed by atoms with Gasteiger partial charge in [-0.3, -0.25) is 4.79 Å². The first-order chi connectivity index (χ1) is 9.08. The highest BCUT2D eigenvalue weighted by atomic mass is 32.1. The summed E-state index contributed by atoms with van der Waals surface area (Å²) in [5.74, 6) is -1.24. The molecule has 0 bridgehead atoms. The molecule has 1 heterocycles. The maximum atomic E-state index is 11.7. The average Bonchev–Trinajstić information content (AvgIpc) is 2.78. The third-order valence-corrected chi connectivity index (χ3v) is 3.63. The van der Waals surface area contributed by atoms with Crippen molar-refractivity contribution in [3.05, 3.63) is 16.5 Å². The van der Waals surface area contributed by atoms with Crippen molar-refractivity contribution in [2.45, 2.75) is 33.1 Å². The van der Waals surface area contributed by atoms with E-state index in [1.54, 1.807) is 6.07 Å². The first-order valence-corrected chi connectivity index (χ1v) is 7.13. The summed E-state index contributed by atoms with van der Waals surface area (Å²) in [4.78, 5) is 23.7. The third-order valence-electron chi connectivity index (χ3n) is 2.44. The molecular formula is C13H19NO4S. The number of ether oxygens (including phenoxy) is 1. The topological polar surface area (TPSA) is 75.6 Å². The molecule has 0 aliphatic rings. The van der Waals surface area contributed by atoms with E-state index in [0.717, 1.165) is 17.7 Å². The maximum Gasteiger partial charge on any atom is 0.338 e. The lowest BCUT2D eigenvalue weighted by atomic mass is 10.2. The third kappa shape index (κ3) is 5.00. The SMILES string of the molecule is CCCOCCC(=O)Nc1sc(CC)cc1C(=O)O. The number of carboxylic acids is 1. The molecule has 0 radical (unpaired) electrons. The predicted molar refractivity (Wildman–Crippen MR) is 75.0 cm³/mol. The molecule has 1 aromatic rings. The van der Waals surface area contributed by atoms with E-state index in [2.05, 4.69) is 5.32 Å². The van der Waals surface area contributed by atoms with Crippen molar-refractivity contribution in [1.29, 1.82) is 0 Å². The van der Waals surface area contributed by atoms with Crippen molar-refractivity contribution in [2.24, 2.45) is 0 Å². The normalized spacial score (nSPS) is 10.4. The molecule has 106 valence electrons. The van der Waals surface area contributed by atoms with E-state index in [9.17, 15) is 9.59 Å². The molecule has 2 N–H and O–H groups in total. The molecule has 1 aromatic heterocycles. The molecule has 0 fully saturated rings. The number of carbonyl (C=O) groups excluding carboxylic acids is 1. The zero-order valence-corrected chi connectivity index (χ0v) is 12.0. The van der Waals surface area contributed by atoms with E-state index < -0.39 is 5.97 Å². The molecule has 0 aliphatic carbocycles. The smallest absolute Gasteiger partial charge is 0.338 e. The number of thiophene rings is 1. The lowest BCUT2D eigenvalue weighted by molar-refractivity contribution is -0.117. The lowest BCUT2D eigenvalue weighted by Gasteiger charge is -2.04. The van der Waals surface area contributed by atoms with Crippen molar-refractivity contribution in [1.82, 2.24) is 0 Å². The number of aromatic carboxylic acids is 1. The van der Waals surface area contributed by atoms with E-state index in [4.69, 9.17) is 9.84 Å². The molecule has 0 spiro atoms. The average molecular weight is 285 g/mol. The Balaban J connectivity index is 2.58. The van der Waals surface area contributed by atoms with Gasteiger partial charge in [-0.25, -0.2) is 4.79 Å². The van der Waals surface area contributed by atoms with Gasteiger partial charge in [0.25, 0.3) is 0 Å². The van der Waals surface area contributed by atoms with Gasteiger partial charge >= 0.3 is 5.97 Å². The molecule has 0 atom stereocenters. The van der Waals surface area contributed by atoms with Gasteiger partial charge < -0.3 is 15.2 Å². The monoisotopic (exact) mass is 285 g/mol. The summed E-state index contributed by atoms with van der Waals surface area (Å²) < 4.78 is 5.22. The molecule has 0 saturated heterocycles. The van der Waals surface area contributed by atoms with Gasteiger partial charge in [0, 0.05) is 11.5 Å². The van der Waals surface area contributed by atoms with Crippen LogP contribution in [0, 0.1) is 0 Å². The summed E-state index contributed by atoms with van der Waals surface area (Å²) in [6, 6.07) is 1.61. The van der Waals surface area contributed by atoms with E-state index >= 15 is 0 Å². The predicted octanol–water partition coefficient (Wildman–Crippen LogP) is 2.76. The van der Waals surface area contributed by atoms with Gasteiger partial charge in [0.1, 0.15) is 5.00 Å². The number of nitrogens with one attached hydrogen (secondary N) is 1. The molecule has 0 unspecified atom stereocenters. The fourth-order valence-corrected chi connectivity index (χ4v) is 2.47. The van der Waals surface area contributed by atoms with Gasteiger partial charge in [0.05, 0.1) is 18.6 Å². The quantitative estimate of drug-likeness (QED) is 0.720. The van der Waals surface area contributed by atoms with E-state index in [1.807, 2.05) is 13.8 Å². The Morgan fingerprint density at radius 2 is 2.11 bits per heavy atom. The van der Waals surface area contributed by atoms with Crippen LogP contribution in [-0.4, -0.2) is 30.2 Å². The summed E-state index contributed by atoms with van der Waals surface area (Å²) in [6.45, 7) is 4.93. The van der Waals surface area contributed by atoms with Crippen LogP contribution in [0.15, 0.2) is 6.07 Å². The highest BCUT2D eigenvalue weighted by Gasteiger charge is 2.16. The van der Waals surface area contributed by atoms with E-state index in [-0.39, 0.29) is 17.9 Å². The second kappa shape index (κ2) is 7.91. The van der Waals surface area contributed by atoms with Crippen molar-refractivity contribution in [3.63, 3.8) is 0 Å². The summed E-state index contributed by atoms with van der Waals surface area (Å²) in [6.07, 6.45) is 1.90. The van der Waals surface area contributed by atoms with Gasteiger partial charge in [0.2, 0.25) is 5.91 Å². The maximum absolute atomic E-state index is 11.7. The minimum absolute atomic E-state index is 0.157. The number of hydrogen-bond acceptors (Lipinski definition) is 4. The van der Waals surface area contributed by atoms with Crippen LogP contribution in [-0.2, 0) is 16.0 Å². The largest absolute Gasteiger partial charge is 0.478 e. The molecular weight excluding hydrogens is 266 g/mol. The minimum atomic E-state index is -1.02. The highest BCUT2D eigenvalue weighted by molar-refractivity contribution is 7.16. The van der Waals surface area contributed by atoms with Crippen LogP contribution >= 0.6 is 11.3 Å². The van der Waals surface area contributed by atoms with Crippen LogP contribution in [0.5, 0.6) is 0 Å². The molecule has 0 aliphatic heterocycles. The van der Waals surface area contributed by atoms with Gasteiger partial charge in [-0.2, -0.15) is 0 Å². The van der Waals surface area contributed by atoms with Gasteiger partial charge in [0.15, 0.2) is 0 Å². The number of carboxylic acid groups (broad SMARTS) is 1. The number of aryl methyl sites for hydroxylation is 1. The summed E-state index contributed by atoms with van der Waals surface area (Å²) >= 11 is 1.31. The number of amides is 1. The fourth-order valence-electron chi connectivity index (χ4n) is 1.47. The molecule has 5 nitrogen and oxygen atoms in total. The van der Waals surface area contributed by atoms with Crippen molar-refractivity contribution >= 4 is 28.2 Å². The Morgan fingerprint density at radius 1 is 1.37 bits per heavy atom. The second-order valence-corrected chi connectivity index (χ2v) is 5.16. The fraction of sp³-hybridized carbons (Fsp3) is 0.538. The zero-order chi connectivity index (χ0) is 14.3. The standard InChI is InChI=1S/C13H19NO4S/c1-3-6-18-7-5-11(15)14-12-10(13(16)17)8-9(4-2)19-12/h8H,3-7H2,1-2H3,(H,14,15)(H,16,17). The Kier molecular flexibility index (Phi) is 6.52. The van der Waals surface area contributed by atoms with Crippen molar-refractivity contribution < 1.29 is 19.4 Å². The summed E-state index contributed by atoms with van der Waals surface area (Å²) in [5, 5.41) is 12.1. The lowest BCUT2D eigenvalue weighted by Crippen LogP contribution is -2.15. The second-order valence-electron chi connectivity index (χ2n) is 4.02. The van der Waals surface area contributed by atoms with Crippen LogP contribution < -0.4 is 5.32 Å². The van der Waals surface area contributed by atoms with Crippen LogP contribution in [0.1, 0.15) is 41.9 Å². The molecule has 19 heavy (non-hydrogen) atoms. The van der Waals surface area contributed by atoms with E-state index in [0.29, 0.717) is 18.2 Å². The van der Waals surface area contributed by atoms with Crippen LogP contribution in [0.3, 0.4) is 0 Å². The van der Waals surface area contributed by atoms with Crippen LogP contribution in [0.25, 0.3) is 0 Å². The first kappa shape index (κ1) is 15.7. The minimum Gasteiger partial charge on any atom is -0.478 e. The van der Waals surface area contributed by atoms with Gasteiger partial charge in [-0.05, 0) is 18.9 Å². The summed E-state index contributed by atoms with van der Waals surface area (Å²) in [7, 11) is 0. The zero-order valence-electron chi connectivity index (χ0n) is 11.2. The Labute approximate surface area is 116 Å². The Hall–Kier alpha value is -1.40. The van der Waals surface area contributed by atoms with Crippen molar-refractivity contribution in [3.8, 4) is 0 Å². The molecule has 1 rings (SSSR count). The Bertz CT molecular complexity index is 442. The highest BCUT2D eigenvalue weighted by Crippen LogP contribution is 2.28. The molecule has 0 aromatic carbocycles. The first-order valence-electron chi connectivity index (χ1n) is 6.32. The van der Waals surface area contributed by atoms with Crippen molar-refractivity contribution in [2.75, 3.05) is 18.5 Å². The van der Waals surface area contributed by atoms with Gasteiger partial charge in [-0.1, -0.05) is 13.8 Å². The van der Waals surface area contributed by atoms with E-state index in [1.165, 1.54) is 11.3 Å². The molecule has 1 amide bonds. The number of hydrogen-bond donors (Lipinski definition) is 2. The Morgan fingerprint density at radius 3 is 2.68 bits per heavy atom. The van der Waals surface area contributed by atoms with Gasteiger partial charge in [-0.15, -0.1) is 11.3 Å². The summed E-state index contributed by atoms with van der Waals surface area (Å²) in [5.41, 5.74) is 0.157. The molecule has 6 heteroatoms. The number of carbonyl (C=O) groups is 2. The number of anilines is 1.